The lowest BCUT2D eigenvalue weighted by atomic mass is 10.2. The van der Waals surface area contributed by atoms with Gasteiger partial charge in [-0.05, 0) is 23.8 Å². The van der Waals surface area contributed by atoms with Gasteiger partial charge in [-0.1, -0.05) is 12.1 Å². The van der Waals surface area contributed by atoms with E-state index in [4.69, 9.17) is 5.14 Å². The van der Waals surface area contributed by atoms with Gasteiger partial charge in [0, 0.05) is 32.0 Å². The van der Waals surface area contributed by atoms with Crippen molar-refractivity contribution in [3.8, 4) is 11.5 Å². The number of aromatic nitrogens is 4. The molecule has 0 radical (unpaired) electrons. The molecule has 11 heteroatoms. The molecular weight excluding hydrogens is 411 g/mol. The fourth-order valence-electron chi connectivity index (χ4n) is 2.95. The first-order valence-corrected chi connectivity index (χ1v) is 9.46. The minimum absolute atomic E-state index is 0. The quantitative estimate of drug-likeness (QED) is 0.649. The number of imidazole rings is 1. The molecule has 0 aliphatic carbocycles. The summed E-state index contributed by atoms with van der Waals surface area (Å²) in [5.41, 5.74) is 2.94. The molecule has 1 aliphatic heterocycles. The second kappa shape index (κ2) is 8.41. The molecule has 1 aromatic carbocycles. The Labute approximate surface area is 169 Å². The summed E-state index contributed by atoms with van der Waals surface area (Å²) in [7, 11) is -3.67. The number of hydrogen-bond donors (Lipinski definition) is 2. The molecule has 1 aliphatic rings. The van der Waals surface area contributed by atoms with E-state index < -0.39 is 10.0 Å². The van der Waals surface area contributed by atoms with Gasteiger partial charge in [-0.25, -0.2) is 18.5 Å². The van der Waals surface area contributed by atoms with Crippen LogP contribution in [0, 0.1) is 0 Å². The summed E-state index contributed by atoms with van der Waals surface area (Å²) in [5, 5.41) is 13.1. The van der Waals surface area contributed by atoms with Crippen molar-refractivity contribution in [2.45, 2.75) is 24.5 Å². The molecule has 0 saturated carbocycles. The van der Waals surface area contributed by atoms with Crippen LogP contribution in [0.3, 0.4) is 0 Å². The van der Waals surface area contributed by atoms with Crippen molar-refractivity contribution in [1.82, 2.24) is 24.6 Å². The first kappa shape index (κ1) is 21.4. The minimum atomic E-state index is -3.67. The SMILES string of the molecule is Cl.Cl.NS(=O)(=O)c1ccc(Cn2ccnc2-c2cc3n(n2)CCNC3)cc1. The smallest absolute Gasteiger partial charge is 0.238 e. The Bertz CT molecular complexity index is 990. The molecule has 0 fully saturated rings. The summed E-state index contributed by atoms with van der Waals surface area (Å²) < 4.78 is 26.7. The Kier molecular flexibility index (Phi) is 6.66. The maximum atomic E-state index is 11.3. The number of halogens is 2. The third-order valence-electron chi connectivity index (χ3n) is 4.22. The van der Waals surface area contributed by atoms with Gasteiger partial charge in [-0.15, -0.1) is 24.8 Å². The highest BCUT2D eigenvalue weighted by Gasteiger charge is 2.16. The number of nitrogens with zero attached hydrogens (tertiary/aromatic N) is 4. The molecule has 3 N–H and O–H groups in total. The van der Waals surface area contributed by atoms with E-state index in [1.807, 2.05) is 15.4 Å². The van der Waals surface area contributed by atoms with E-state index in [1.165, 1.54) is 12.1 Å². The monoisotopic (exact) mass is 430 g/mol. The van der Waals surface area contributed by atoms with Crippen LogP contribution in [0.4, 0.5) is 0 Å². The second-order valence-electron chi connectivity index (χ2n) is 5.99. The average Bonchev–Trinajstić information content (AvgIpc) is 3.20. The van der Waals surface area contributed by atoms with Gasteiger partial charge in [0.05, 0.1) is 17.1 Å². The summed E-state index contributed by atoms with van der Waals surface area (Å²) in [6.45, 7) is 3.15. The van der Waals surface area contributed by atoms with E-state index in [2.05, 4.69) is 21.5 Å². The first-order chi connectivity index (χ1) is 12.0. The third kappa shape index (κ3) is 4.50. The summed E-state index contributed by atoms with van der Waals surface area (Å²) in [6.07, 6.45) is 3.63. The van der Waals surface area contributed by atoms with Crippen molar-refractivity contribution in [2.75, 3.05) is 6.54 Å². The number of rotatable bonds is 4. The summed E-state index contributed by atoms with van der Waals surface area (Å²) in [6, 6.07) is 8.59. The molecule has 8 nitrogen and oxygen atoms in total. The minimum Gasteiger partial charge on any atom is -0.325 e. The molecule has 146 valence electrons. The molecule has 2 aromatic heterocycles. The molecule has 3 heterocycles. The highest BCUT2D eigenvalue weighted by Crippen LogP contribution is 2.20. The summed E-state index contributed by atoms with van der Waals surface area (Å²) in [5.74, 6) is 0.789. The summed E-state index contributed by atoms with van der Waals surface area (Å²) >= 11 is 0. The Balaban J connectivity index is 0.00000131. The lowest BCUT2D eigenvalue weighted by Gasteiger charge is -2.13. The van der Waals surface area contributed by atoms with Crippen LogP contribution in [-0.4, -0.2) is 34.3 Å². The molecule has 3 aromatic rings. The van der Waals surface area contributed by atoms with Gasteiger partial charge in [0.25, 0.3) is 0 Å². The van der Waals surface area contributed by atoms with Gasteiger partial charge in [0.1, 0.15) is 5.69 Å². The van der Waals surface area contributed by atoms with Crippen molar-refractivity contribution >= 4 is 34.8 Å². The standard InChI is InChI=1S/C16H18N6O2S.2ClH/c17-25(23,24)14-3-1-12(2-4-14)11-21-7-6-19-16(21)15-9-13-10-18-5-8-22(13)20-15;;/h1-4,6-7,9,18H,5,8,10-11H2,(H2,17,23,24);2*1H. The Morgan fingerprint density at radius 3 is 2.59 bits per heavy atom. The number of sulfonamides is 1. The molecule has 27 heavy (non-hydrogen) atoms. The summed E-state index contributed by atoms with van der Waals surface area (Å²) in [4.78, 5) is 4.54. The van der Waals surface area contributed by atoms with Crippen LogP contribution in [0.5, 0.6) is 0 Å². The highest BCUT2D eigenvalue weighted by molar-refractivity contribution is 7.89. The van der Waals surface area contributed by atoms with Gasteiger partial charge in [-0.3, -0.25) is 4.68 Å². The van der Waals surface area contributed by atoms with E-state index in [-0.39, 0.29) is 29.7 Å². The fraction of sp³-hybridized carbons (Fsp3) is 0.250. The first-order valence-electron chi connectivity index (χ1n) is 7.91. The van der Waals surface area contributed by atoms with Gasteiger partial charge < -0.3 is 9.88 Å². The molecule has 0 saturated heterocycles. The molecule has 0 spiro atoms. The molecular formula is C16H20Cl2N6O2S. The van der Waals surface area contributed by atoms with Crippen molar-refractivity contribution in [3.63, 3.8) is 0 Å². The van der Waals surface area contributed by atoms with E-state index in [9.17, 15) is 8.42 Å². The number of primary sulfonamides is 1. The van der Waals surface area contributed by atoms with Crippen LogP contribution in [0.1, 0.15) is 11.3 Å². The van der Waals surface area contributed by atoms with E-state index in [0.29, 0.717) is 6.54 Å². The van der Waals surface area contributed by atoms with Crippen molar-refractivity contribution in [2.24, 2.45) is 5.14 Å². The molecule has 0 atom stereocenters. The highest BCUT2D eigenvalue weighted by atomic mass is 35.5. The zero-order valence-electron chi connectivity index (χ0n) is 14.3. The Morgan fingerprint density at radius 1 is 1.19 bits per heavy atom. The van der Waals surface area contributed by atoms with Crippen LogP contribution in [0.15, 0.2) is 47.6 Å². The normalized spacial score (nSPS) is 13.4. The third-order valence-corrected chi connectivity index (χ3v) is 5.15. The predicted molar refractivity (Wildman–Crippen MR) is 107 cm³/mol. The zero-order chi connectivity index (χ0) is 17.4. The molecule has 0 unspecified atom stereocenters. The van der Waals surface area contributed by atoms with Crippen molar-refractivity contribution < 1.29 is 8.42 Å². The van der Waals surface area contributed by atoms with Crippen molar-refractivity contribution in [3.05, 3.63) is 54.0 Å². The predicted octanol–water partition coefficient (Wildman–Crippen LogP) is 1.39. The number of benzene rings is 1. The van der Waals surface area contributed by atoms with Gasteiger partial charge in [-0.2, -0.15) is 5.10 Å². The number of nitrogens with two attached hydrogens (primary N) is 1. The lowest BCUT2D eigenvalue weighted by Crippen LogP contribution is -2.28. The fourth-order valence-corrected chi connectivity index (χ4v) is 3.47. The number of nitrogens with one attached hydrogen (secondary N) is 1. The molecule has 4 rings (SSSR count). The number of hydrogen-bond acceptors (Lipinski definition) is 5. The van der Waals surface area contributed by atoms with Gasteiger partial charge >= 0.3 is 0 Å². The zero-order valence-corrected chi connectivity index (χ0v) is 16.7. The van der Waals surface area contributed by atoms with E-state index in [1.54, 1.807) is 18.3 Å². The molecule has 0 bridgehead atoms. The topological polar surface area (TPSA) is 108 Å². The van der Waals surface area contributed by atoms with Crippen LogP contribution in [-0.2, 0) is 29.7 Å². The largest absolute Gasteiger partial charge is 0.325 e. The van der Waals surface area contributed by atoms with Crippen LogP contribution in [0.25, 0.3) is 11.5 Å². The maximum Gasteiger partial charge on any atom is 0.238 e. The van der Waals surface area contributed by atoms with E-state index >= 15 is 0 Å². The van der Waals surface area contributed by atoms with Crippen LogP contribution in [0.2, 0.25) is 0 Å². The van der Waals surface area contributed by atoms with Gasteiger partial charge in [0.15, 0.2) is 5.82 Å². The number of fused-ring (bicyclic) bond motifs is 1. The molecule has 0 amide bonds. The van der Waals surface area contributed by atoms with Crippen LogP contribution >= 0.6 is 24.8 Å². The van der Waals surface area contributed by atoms with Gasteiger partial charge in [0.2, 0.25) is 10.0 Å². The second-order valence-corrected chi connectivity index (χ2v) is 7.55. The lowest BCUT2D eigenvalue weighted by molar-refractivity contribution is 0.476. The van der Waals surface area contributed by atoms with Crippen LogP contribution < -0.4 is 10.5 Å². The van der Waals surface area contributed by atoms with Crippen molar-refractivity contribution in [1.29, 1.82) is 0 Å². The Morgan fingerprint density at radius 2 is 1.93 bits per heavy atom. The van der Waals surface area contributed by atoms with E-state index in [0.717, 1.165) is 42.4 Å². The average molecular weight is 431 g/mol. The Hall–Kier alpha value is -1.91. The maximum absolute atomic E-state index is 11.3.